The molecule has 0 saturated heterocycles. The van der Waals surface area contributed by atoms with Gasteiger partial charge in [0.2, 0.25) is 0 Å². The molecule has 0 bridgehead atoms. The minimum atomic E-state index is -1.69. The van der Waals surface area contributed by atoms with Crippen LogP contribution in [0.25, 0.3) is 0 Å². The average Bonchev–Trinajstić information content (AvgIpc) is 2.40. The minimum absolute atomic E-state index is 0.0549. The lowest BCUT2D eigenvalue weighted by Gasteiger charge is -2.21. The topological polar surface area (TPSA) is 49.8 Å². The van der Waals surface area contributed by atoms with Crippen LogP contribution in [0.4, 0.5) is 13.2 Å². The lowest BCUT2D eigenvalue weighted by molar-refractivity contribution is 0.0650. The summed E-state index contributed by atoms with van der Waals surface area (Å²) in [6.45, 7) is -0.104. The highest BCUT2D eigenvalue weighted by Gasteiger charge is 2.22. The lowest BCUT2D eigenvalue weighted by atomic mass is 10.1. The number of methoxy groups -OCH3 is 1. The fourth-order valence-electron chi connectivity index (χ4n) is 1.50. The Morgan fingerprint density at radius 2 is 1.95 bits per heavy atom. The number of carbonyl (C=O) groups is 1. The molecule has 7 heteroatoms. The largest absolute Gasteiger partial charge is 0.395 e. The maximum Gasteiger partial charge on any atom is 0.257 e. The van der Waals surface area contributed by atoms with E-state index in [0.717, 1.165) is 11.0 Å². The summed E-state index contributed by atoms with van der Waals surface area (Å²) in [7, 11) is 1.42. The van der Waals surface area contributed by atoms with Gasteiger partial charge in [-0.1, -0.05) is 0 Å². The number of hydrogen-bond donors (Lipinski definition) is 1. The van der Waals surface area contributed by atoms with Gasteiger partial charge in [0.25, 0.3) is 5.91 Å². The molecule has 0 aliphatic heterocycles. The van der Waals surface area contributed by atoms with Gasteiger partial charge in [-0.15, -0.1) is 0 Å². The summed E-state index contributed by atoms with van der Waals surface area (Å²) in [5.74, 6) is -5.42. The molecule has 0 aromatic heterocycles. The Morgan fingerprint density at radius 3 is 2.53 bits per heavy atom. The van der Waals surface area contributed by atoms with E-state index in [1.54, 1.807) is 0 Å². The van der Waals surface area contributed by atoms with Crippen LogP contribution >= 0.6 is 0 Å². The molecule has 0 unspecified atom stereocenters. The van der Waals surface area contributed by atoms with E-state index in [4.69, 9.17) is 9.84 Å². The van der Waals surface area contributed by atoms with Crippen molar-refractivity contribution >= 4 is 5.91 Å². The summed E-state index contributed by atoms with van der Waals surface area (Å²) in [6, 6.07) is 1.55. The second kappa shape index (κ2) is 7.10. The van der Waals surface area contributed by atoms with Crippen molar-refractivity contribution in [2.75, 3.05) is 33.4 Å². The van der Waals surface area contributed by atoms with Gasteiger partial charge >= 0.3 is 0 Å². The van der Waals surface area contributed by atoms with Crippen molar-refractivity contribution in [3.8, 4) is 0 Å². The molecule has 0 fully saturated rings. The Labute approximate surface area is 108 Å². The van der Waals surface area contributed by atoms with Gasteiger partial charge in [-0.25, -0.2) is 13.2 Å². The molecule has 0 aliphatic rings. The van der Waals surface area contributed by atoms with Gasteiger partial charge in [0.15, 0.2) is 17.5 Å². The highest BCUT2D eigenvalue weighted by atomic mass is 19.2. The predicted molar refractivity (Wildman–Crippen MR) is 61.2 cm³/mol. The van der Waals surface area contributed by atoms with E-state index in [2.05, 4.69) is 0 Å². The van der Waals surface area contributed by atoms with E-state index < -0.39 is 28.9 Å². The SMILES string of the molecule is COCCN(CCO)C(=O)c1ccc(F)c(F)c1F. The second-order valence-electron chi connectivity index (χ2n) is 3.73. The Bertz CT molecular complexity index is 454. The molecule has 106 valence electrons. The fourth-order valence-corrected chi connectivity index (χ4v) is 1.50. The molecule has 4 nitrogen and oxygen atoms in total. The molecular formula is C12H14F3NO3. The fraction of sp³-hybridized carbons (Fsp3) is 0.417. The Balaban J connectivity index is 2.99. The highest BCUT2D eigenvalue weighted by molar-refractivity contribution is 5.94. The number of rotatable bonds is 6. The normalized spacial score (nSPS) is 10.6. The van der Waals surface area contributed by atoms with Crippen molar-refractivity contribution in [2.45, 2.75) is 0 Å². The van der Waals surface area contributed by atoms with Crippen molar-refractivity contribution in [3.63, 3.8) is 0 Å². The van der Waals surface area contributed by atoms with Gasteiger partial charge in [-0.05, 0) is 12.1 Å². The first kappa shape index (κ1) is 15.5. The average molecular weight is 277 g/mol. The monoisotopic (exact) mass is 277 g/mol. The van der Waals surface area contributed by atoms with Gasteiger partial charge < -0.3 is 14.7 Å². The number of halogens is 3. The zero-order valence-corrected chi connectivity index (χ0v) is 10.3. The number of aliphatic hydroxyl groups excluding tert-OH is 1. The van der Waals surface area contributed by atoms with E-state index in [1.165, 1.54) is 7.11 Å². The van der Waals surface area contributed by atoms with Crippen LogP contribution in [-0.2, 0) is 4.74 Å². The maximum atomic E-state index is 13.5. The van der Waals surface area contributed by atoms with E-state index >= 15 is 0 Å². The van der Waals surface area contributed by atoms with Crippen LogP contribution in [0, 0.1) is 17.5 Å². The van der Waals surface area contributed by atoms with Crippen molar-refractivity contribution in [1.29, 1.82) is 0 Å². The lowest BCUT2D eigenvalue weighted by Crippen LogP contribution is -2.36. The minimum Gasteiger partial charge on any atom is -0.395 e. The van der Waals surface area contributed by atoms with Crippen molar-refractivity contribution < 1.29 is 27.8 Å². The van der Waals surface area contributed by atoms with Gasteiger partial charge in [-0.3, -0.25) is 4.79 Å². The highest BCUT2D eigenvalue weighted by Crippen LogP contribution is 2.16. The third kappa shape index (κ3) is 3.68. The Morgan fingerprint density at radius 1 is 1.26 bits per heavy atom. The Kier molecular flexibility index (Phi) is 5.78. The first-order valence-electron chi connectivity index (χ1n) is 5.55. The summed E-state index contributed by atoms with van der Waals surface area (Å²) in [4.78, 5) is 13.1. The zero-order chi connectivity index (χ0) is 14.4. The number of amides is 1. The molecule has 1 aromatic rings. The molecule has 0 spiro atoms. The quantitative estimate of drug-likeness (QED) is 0.794. The molecule has 19 heavy (non-hydrogen) atoms. The molecule has 0 atom stereocenters. The van der Waals surface area contributed by atoms with Crippen LogP contribution < -0.4 is 0 Å². The summed E-state index contributed by atoms with van der Waals surface area (Å²) >= 11 is 0. The third-order valence-corrected chi connectivity index (χ3v) is 2.49. The van der Waals surface area contributed by atoms with Gasteiger partial charge in [0.05, 0.1) is 18.8 Å². The van der Waals surface area contributed by atoms with E-state index in [9.17, 15) is 18.0 Å². The first-order valence-corrected chi connectivity index (χ1v) is 5.55. The number of aliphatic hydroxyl groups is 1. The predicted octanol–water partition coefficient (Wildman–Crippen LogP) is 1.18. The summed E-state index contributed by atoms with van der Waals surface area (Å²) in [6.07, 6.45) is 0. The summed E-state index contributed by atoms with van der Waals surface area (Å²) < 4.78 is 44.1. The molecular weight excluding hydrogens is 263 g/mol. The third-order valence-electron chi connectivity index (χ3n) is 2.49. The van der Waals surface area contributed by atoms with Crippen LogP contribution in [0.15, 0.2) is 12.1 Å². The summed E-state index contributed by atoms with van der Waals surface area (Å²) in [5.41, 5.74) is -0.580. The van der Waals surface area contributed by atoms with Crippen LogP contribution in [0.3, 0.4) is 0 Å². The van der Waals surface area contributed by atoms with Crippen molar-refractivity contribution in [1.82, 2.24) is 4.90 Å². The van der Waals surface area contributed by atoms with E-state index in [-0.39, 0.29) is 26.3 Å². The van der Waals surface area contributed by atoms with E-state index in [1.807, 2.05) is 0 Å². The number of hydrogen-bond acceptors (Lipinski definition) is 3. The smallest absolute Gasteiger partial charge is 0.257 e. The molecule has 0 radical (unpaired) electrons. The van der Waals surface area contributed by atoms with Crippen molar-refractivity contribution in [3.05, 3.63) is 35.1 Å². The number of carbonyl (C=O) groups excluding carboxylic acids is 1. The van der Waals surface area contributed by atoms with Crippen LogP contribution in [0.1, 0.15) is 10.4 Å². The number of ether oxygens (including phenoxy) is 1. The molecule has 1 rings (SSSR count). The van der Waals surface area contributed by atoms with Gasteiger partial charge in [0.1, 0.15) is 0 Å². The first-order chi connectivity index (χ1) is 9.02. The standard InChI is InChI=1S/C12H14F3NO3/c1-19-7-5-16(4-6-17)12(18)8-2-3-9(13)11(15)10(8)14/h2-3,17H,4-7H2,1H3. The molecule has 1 N–H and O–H groups in total. The van der Waals surface area contributed by atoms with Crippen LogP contribution in [-0.4, -0.2) is 49.3 Å². The molecule has 0 saturated carbocycles. The summed E-state index contributed by atoms with van der Waals surface area (Å²) in [5, 5.41) is 8.84. The van der Waals surface area contributed by atoms with Crippen LogP contribution in [0.2, 0.25) is 0 Å². The maximum absolute atomic E-state index is 13.5. The zero-order valence-electron chi connectivity index (χ0n) is 10.3. The molecule has 0 aliphatic carbocycles. The van der Waals surface area contributed by atoms with Gasteiger partial charge in [-0.2, -0.15) is 0 Å². The molecule has 1 aromatic carbocycles. The second-order valence-corrected chi connectivity index (χ2v) is 3.73. The number of benzene rings is 1. The van der Waals surface area contributed by atoms with E-state index in [0.29, 0.717) is 6.07 Å². The van der Waals surface area contributed by atoms with Crippen molar-refractivity contribution in [2.24, 2.45) is 0 Å². The van der Waals surface area contributed by atoms with Gasteiger partial charge in [0, 0.05) is 20.2 Å². The molecule has 1 amide bonds. The Hall–Kier alpha value is -1.60. The number of nitrogens with zero attached hydrogens (tertiary/aromatic N) is 1. The molecule has 0 heterocycles. The van der Waals surface area contributed by atoms with Crippen LogP contribution in [0.5, 0.6) is 0 Å².